The minimum Gasteiger partial charge on any atom is -0.294 e. The first-order valence-electron chi connectivity index (χ1n) is 6.46. The topological polar surface area (TPSA) is 17.1 Å². The van der Waals surface area contributed by atoms with Gasteiger partial charge in [-0.05, 0) is 12.0 Å². The summed E-state index contributed by atoms with van der Waals surface area (Å²) in [5, 5.41) is 0.846. The van der Waals surface area contributed by atoms with Gasteiger partial charge in [-0.1, -0.05) is 72.8 Å². The van der Waals surface area contributed by atoms with E-state index in [1.54, 1.807) is 0 Å². The Morgan fingerprint density at radius 2 is 1.71 bits per heavy atom. The van der Waals surface area contributed by atoms with E-state index in [2.05, 4.69) is 22.9 Å². The molecule has 0 fully saturated rings. The lowest BCUT2D eigenvalue weighted by Crippen LogP contribution is -1.98. The van der Waals surface area contributed by atoms with Crippen LogP contribution in [0.15, 0.2) is 24.3 Å². The summed E-state index contributed by atoms with van der Waals surface area (Å²) in [4.78, 5) is 11.9. The number of Topliss-reactive ketones (excluding diaryl/α,β-unsaturated/α-hetero) is 1. The highest BCUT2D eigenvalue weighted by Crippen LogP contribution is 2.12. The molecule has 0 N–H and O–H groups in total. The standard InChI is InChI=1S/C15H21BrO/c1-2-3-4-5-6-7-15(17)14-10-8-13(12-16)9-11-14/h8-11H,2-7,12H2,1H3. The van der Waals surface area contributed by atoms with Crippen molar-refractivity contribution in [3.8, 4) is 0 Å². The number of hydrogen-bond acceptors (Lipinski definition) is 1. The predicted octanol–water partition coefficient (Wildman–Crippen LogP) is 5.12. The van der Waals surface area contributed by atoms with Crippen LogP contribution in [0.1, 0.15) is 61.4 Å². The third-order valence-electron chi connectivity index (χ3n) is 2.94. The van der Waals surface area contributed by atoms with Gasteiger partial charge in [0.1, 0.15) is 0 Å². The molecule has 0 unspecified atom stereocenters. The molecular formula is C15H21BrO. The number of unbranched alkanes of at least 4 members (excludes halogenated alkanes) is 4. The molecule has 1 nitrogen and oxygen atoms in total. The highest BCUT2D eigenvalue weighted by atomic mass is 79.9. The Balaban J connectivity index is 2.31. The minimum atomic E-state index is 0.280. The first-order valence-corrected chi connectivity index (χ1v) is 7.58. The highest BCUT2D eigenvalue weighted by molar-refractivity contribution is 9.08. The molecule has 94 valence electrons. The monoisotopic (exact) mass is 296 g/mol. The van der Waals surface area contributed by atoms with E-state index in [0.717, 1.165) is 17.3 Å². The van der Waals surface area contributed by atoms with E-state index in [1.807, 2.05) is 24.3 Å². The van der Waals surface area contributed by atoms with E-state index in [1.165, 1.54) is 31.2 Å². The zero-order chi connectivity index (χ0) is 12.5. The van der Waals surface area contributed by atoms with Crippen LogP contribution in [0.2, 0.25) is 0 Å². The van der Waals surface area contributed by atoms with E-state index >= 15 is 0 Å². The van der Waals surface area contributed by atoms with Crippen molar-refractivity contribution in [2.45, 2.75) is 50.8 Å². The molecule has 17 heavy (non-hydrogen) atoms. The van der Waals surface area contributed by atoms with Crippen LogP contribution in [0, 0.1) is 0 Å². The quantitative estimate of drug-likeness (QED) is 0.369. The van der Waals surface area contributed by atoms with Crippen molar-refractivity contribution in [3.63, 3.8) is 0 Å². The number of carbonyl (C=O) groups excluding carboxylic acids is 1. The lowest BCUT2D eigenvalue weighted by atomic mass is 10.0. The molecule has 0 bridgehead atoms. The Bertz CT molecular complexity index is 329. The molecule has 0 saturated heterocycles. The number of benzene rings is 1. The van der Waals surface area contributed by atoms with Crippen molar-refractivity contribution in [1.29, 1.82) is 0 Å². The van der Waals surface area contributed by atoms with Gasteiger partial charge >= 0.3 is 0 Å². The summed E-state index contributed by atoms with van der Waals surface area (Å²) in [6.45, 7) is 2.20. The maximum Gasteiger partial charge on any atom is 0.162 e. The Morgan fingerprint density at radius 3 is 2.29 bits per heavy atom. The van der Waals surface area contributed by atoms with E-state index < -0.39 is 0 Å². The molecule has 1 rings (SSSR count). The third kappa shape index (κ3) is 5.49. The van der Waals surface area contributed by atoms with Gasteiger partial charge in [0.05, 0.1) is 0 Å². The molecule has 0 saturated carbocycles. The zero-order valence-corrected chi connectivity index (χ0v) is 12.1. The van der Waals surface area contributed by atoms with Crippen molar-refractivity contribution >= 4 is 21.7 Å². The number of halogens is 1. The fraction of sp³-hybridized carbons (Fsp3) is 0.533. The van der Waals surface area contributed by atoms with Crippen molar-refractivity contribution in [2.75, 3.05) is 0 Å². The first-order chi connectivity index (χ1) is 8.27. The van der Waals surface area contributed by atoms with Gasteiger partial charge in [-0.15, -0.1) is 0 Å². The van der Waals surface area contributed by atoms with Crippen molar-refractivity contribution in [1.82, 2.24) is 0 Å². The summed E-state index contributed by atoms with van der Waals surface area (Å²) in [5.41, 5.74) is 2.06. The number of carbonyl (C=O) groups is 1. The number of alkyl halides is 1. The highest BCUT2D eigenvalue weighted by Gasteiger charge is 2.04. The summed E-state index contributed by atoms with van der Waals surface area (Å²) in [5.74, 6) is 0.280. The summed E-state index contributed by atoms with van der Waals surface area (Å²) in [7, 11) is 0. The number of rotatable bonds is 8. The first kappa shape index (κ1) is 14.4. The van der Waals surface area contributed by atoms with Crippen molar-refractivity contribution in [2.24, 2.45) is 0 Å². The lowest BCUT2D eigenvalue weighted by molar-refractivity contribution is 0.0979. The Kier molecular flexibility index (Phi) is 7.18. The average molecular weight is 297 g/mol. The van der Waals surface area contributed by atoms with Crippen LogP contribution >= 0.6 is 15.9 Å². The van der Waals surface area contributed by atoms with Gasteiger partial charge in [0.25, 0.3) is 0 Å². The van der Waals surface area contributed by atoms with Crippen molar-refractivity contribution < 1.29 is 4.79 Å². The van der Waals surface area contributed by atoms with Gasteiger partial charge in [0.15, 0.2) is 5.78 Å². The summed E-state index contributed by atoms with van der Waals surface area (Å²) in [6, 6.07) is 7.90. The lowest BCUT2D eigenvalue weighted by Gasteiger charge is -2.02. The van der Waals surface area contributed by atoms with E-state index in [0.29, 0.717) is 6.42 Å². The molecule has 0 atom stereocenters. The molecule has 0 aliphatic carbocycles. The Hall–Kier alpha value is -0.630. The van der Waals surface area contributed by atoms with Crippen LogP contribution in [0.4, 0.5) is 0 Å². The van der Waals surface area contributed by atoms with Crippen molar-refractivity contribution in [3.05, 3.63) is 35.4 Å². The normalized spacial score (nSPS) is 10.5. The van der Waals surface area contributed by atoms with Crippen LogP contribution in [-0.2, 0) is 5.33 Å². The third-order valence-corrected chi connectivity index (χ3v) is 3.59. The average Bonchev–Trinajstić information content (AvgIpc) is 2.38. The minimum absolute atomic E-state index is 0.280. The number of hydrogen-bond donors (Lipinski definition) is 0. The second-order valence-electron chi connectivity index (χ2n) is 4.42. The summed E-state index contributed by atoms with van der Waals surface area (Å²) in [6.07, 6.45) is 6.69. The molecule has 0 aliphatic rings. The molecule has 0 heterocycles. The maximum atomic E-state index is 11.9. The molecule has 0 radical (unpaired) electrons. The predicted molar refractivity (Wildman–Crippen MR) is 76.8 cm³/mol. The fourth-order valence-corrected chi connectivity index (χ4v) is 2.19. The molecule has 2 heteroatoms. The largest absolute Gasteiger partial charge is 0.294 e. The smallest absolute Gasteiger partial charge is 0.162 e. The fourth-order valence-electron chi connectivity index (χ4n) is 1.81. The van der Waals surface area contributed by atoms with Gasteiger partial charge in [-0.25, -0.2) is 0 Å². The van der Waals surface area contributed by atoms with Gasteiger partial charge in [0.2, 0.25) is 0 Å². The van der Waals surface area contributed by atoms with Gasteiger partial charge in [0, 0.05) is 17.3 Å². The zero-order valence-electron chi connectivity index (χ0n) is 10.5. The Labute approximate surface area is 113 Å². The van der Waals surface area contributed by atoms with E-state index in [-0.39, 0.29) is 5.78 Å². The van der Waals surface area contributed by atoms with Gasteiger partial charge < -0.3 is 0 Å². The molecule has 1 aromatic carbocycles. The molecule has 0 aliphatic heterocycles. The maximum absolute atomic E-state index is 11.9. The van der Waals surface area contributed by atoms with E-state index in [4.69, 9.17) is 0 Å². The van der Waals surface area contributed by atoms with Crippen LogP contribution < -0.4 is 0 Å². The SMILES string of the molecule is CCCCCCCC(=O)c1ccc(CBr)cc1. The summed E-state index contributed by atoms with van der Waals surface area (Å²) >= 11 is 3.40. The molecule has 0 aromatic heterocycles. The van der Waals surface area contributed by atoms with Gasteiger partial charge in [-0.3, -0.25) is 4.79 Å². The Morgan fingerprint density at radius 1 is 1.06 bits per heavy atom. The van der Waals surface area contributed by atoms with Gasteiger partial charge in [-0.2, -0.15) is 0 Å². The molecule has 0 spiro atoms. The summed E-state index contributed by atoms with van der Waals surface area (Å²) < 4.78 is 0. The molecular weight excluding hydrogens is 276 g/mol. The molecule has 1 aromatic rings. The van der Waals surface area contributed by atoms with E-state index in [9.17, 15) is 4.79 Å². The second kappa shape index (κ2) is 8.46. The molecule has 0 amide bonds. The van der Waals surface area contributed by atoms with Crippen LogP contribution in [0.25, 0.3) is 0 Å². The number of ketones is 1. The van der Waals surface area contributed by atoms with Crippen LogP contribution in [0.3, 0.4) is 0 Å². The van der Waals surface area contributed by atoms with Crippen LogP contribution in [0.5, 0.6) is 0 Å². The van der Waals surface area contributed by atoms with Crippen LogP contribution in [-0.4, -0.2) is 5.78 Å². The second-order valence-corrected chi connectivity index (χ2v) is 4.98.